The molecule has 27 heavy (non-hydrogen) atoms. The van der Waals surface area contributed by atoms with Gasteiger partial charge in [-0.2, -0.15) is 0 Å². The molecule has 1 N–H and O–H groups in total. The molecule has 2 fully saturated rings. The number of benzene rings is 1. The van der Waals surface area contributed by atoms with Gasteiger partial charge in [0.1, 0.15) is 11.4 Å². The highest BCUT2D eigenvalue weighted by Crippen LogP contribution is 2.38. The van der Waals surface area contributed by atoms with Crippen LogP contribution in [0.25, 0.3) is 10.9 Å². The van der Waals surface area contributed by atoms with Gasteiger partial charge in [0.15, 0.2) is 0 Å². The van der Waals surface area contributed by atoms with E-state index in [1.165, 1.54) is 12.3 Å². The van der Waals surface area contributed by atoms with Gasteiger partial charge in [0.2, 0.25) is 5.43 Å². The van der Waals surface area contributed by atoms with Crippen molar-refractivity contribution < 1.29 is 14.3 Å². The Morgan fingerprint density at radius 3 is 2.63 bits per heavy atom. The molecule has 6 nitrogen and oxygen atoms in total. The maximum Gasteiger partial charge on any atom is 0.341 e. The zero-order chi connectivity index (χ0) is 19.3. The average molecular weight is 373 g/mol. The number of aromatic carboxylic acids is 1. The Morgan fingerprint density at radius 1 is 1.30 bits per heavy atom. The van der Waals surface area contributed by atoms with Crippen LogP contribution in [0, 0.1) is 5.82 Å². The molecule has 1 atom stereocenters. The van der Waals surface area contributed by atoms with E-state index in [0.29, 0.717) is 17.2 Å². The van der Waals surface area contributed by atoms with Crippen molar-refractivity contribution in [3.05, 3.63) is 39.9 Å². The van der Waals surface area contributed by atoms with Crippen LogP contribution in [0.3, 0.4) is 0 Å². The van der Waals surface area contributed by atoms with Crippen LogP contribution in [-0.4, -0.2) is 52.8 Å². The second-order valence-corrected chi connectivity index (χ2v) is 7.56. The Hall–Kier alpha value is -2.41. The predicted molar refractivity (Wildman–Crippen MR) is 102 cm³/mol. The molecule has 2 heterocycles. The van der Waals surface area contributed by atoms with Crippen LogP contribution in [0.1, 0.15) is 43.1 Å². The number of carboxylic acids is 1. The van der Waals surface area contributed by atoms with Gasteiger partial charge in [-0.15, -0.1) is 0 Å². The van der Waals surface area contributed by atoms with E-state index in [2.05, 4.69) is 18.7 Å². The Balaban J connectivity index is 1.84. The molecule has 0 spiro atoms. The number of halogens is 1. The van der Waals surface area contributed by atoms with Gasteiger partial charge in [0.05, 0.1) is 11.2 Å². The number of piperazine rings is 1. The van der Waals surface area contributed by atoms with Gasteiger partial charge in [0, 0.05) is 43.3 Å². The number of hydrogen-bond donors (Lipinski definition) is 1. The molecule has 1 aromatic carbocycles. The van der Waals surface area contributed by atoms with Crippen LogP contribution < -0.4 is 10.3 Å². The molecule has 144 valence electrons. The third-order valence-electron chi connectivity index (χ3n) is 5.78. The van der Waals surface area contributed by atoms with E-state index in [1.54, 1.807) is 6.07 Å². The molecule has 1 aliphatic heterocycles. The summed E-state index contributed by atoms with van der Waals surface area (Å²) >= 11 is 0. The lowest BCUT2D eigenvalue weighted by Crippen LogP contribution is -2.52. The number of anilines is 1. The Morgan fingerprint density at radius 2 is 2.04 bits per heavy atom. The quantitative estimate of drug-likeness (QED) is 0.893. The van der Waals surface area contributed by atoms with E-state index in [-0.39, 0.29) is 17.0 Å². The van der Waals surface area contributed by atoms with Crippen molar-refractivity contribution in [3.8, 4) is 0 Å². The monoisotopic (exact) mass is 373 g/mol. The predicted octanol–water partition coefficient (Wildman–Crippen LogP) is 2.70. The minimum atomic E-state index is -1.27. The van der Waals surface area contributed by atoms with E-state index >= 15 is 0 Å². The normalized spacial score (nSPS) is 21.0. The number of nitrogens with zero attached hydrogens (tertiary/aromatic N) is 3. The van der Waals surface area contributed by atoms with Crippen LogP contribution in [0.4, 0.5) is 10.1 Å². The van der Waals surface area contributed by atoms with Crippen molar-refractivity contribution in [1.29, 1.82) is 0 Å². The summed E-state index contributed by atoms with van der Waals surface area (Å²) < 4.78 is 16.8. The number of rotatable bonds is 4. The molecule has 1 saturated carbocycles. The molecule has 0 amide bonds. The summed E-state index contributed by atoms with van der Waals surface area (Å²) in [7, 11) is 0. The van der Waals surface area contributed by atoms with Crippen molar-refractivity contribution >= 4 is 22.6 Å². The van der Waals surface area contributed by atoms with Crippen molar-refractivity contribution in [2.24, 2.45) is 0 Å². The highest BCUT2D eigenvalue weighted by atomic mass is 19.1. The summed E-state index contributed by atoms with van der Waals surface area (Å²) in [6, 6.07) is 3.44. The van der Waals surface area contributed by atoms with E-state index in [4.69, 9.17) is 0 Å². The molecular formula is C20H24FN3O3. The first-order valence-electron chi connectivity index (χ1n) is 9.51. The largest absolute Gasteiger partial charge is 0.477 e. The second-order valence-electron chi connectivity index (χ2n) is 7.56. The van der Waals surface area contributed by atoms with E-state index in [9.17, 15) is 19.1 Å². The first-order valence-corrected chi connectivity index (χ1v) is 9.51. The highest BCUT2D eigenvalue weighted by Gasteiger charge is 2.29. The number of hydrogen-bond acceptors (Lipinski definition) is 4. The van der Waals surface area contributed by atoms with E-state index in [0.717, 1.165) is 39.0 Å². The maximum atomic E-state index is 14.9. The molecule has 2 aliphatic rings. The van der Waals surface area contributed by atoms with Gasteiger partial charge in [0.25, 0.3) is 0 Å². The third-order valence-corrected chi connectivity index (χ3v) is 5.78. The van der Waals surface area contributed by atoms with Gasteiger partial charge in [-0.1, -0.05) is 6.92 Å². The number of aromatic nitrogens is 1. The van der Waals surface area contributed by atoms with E-state index < -0.39 is 17.2 Å². The minimum absolute atomic E-state index is 0.142. The molecule has 1 unspecified atom stereocenters. The van der Waals surface area contributed by atoms with Gasteiger partial charge < -0.3 is 14.6 Å². The zero-order valence-electron chi connectivity index (χ0n) is 15.6. The first-order chi connectivity index (χ1) is 12.9. The molecule has 0 bridgehead atoms. The van der Waals surface area contributed by atoms with Gasteiger partial charge in [-0.3, -0.25) is 9.69 Å². The second kappa shape index (κ2) is 6.64. The fourth-order valence-corrected chi connectivity index (χ4v) is 4.09. The standard InChI is InChI=1S/C20H24FN3O3/c1-3-22-6-7-23(10-12(22)2)18-9-17-14(8-16(18)21)19(25)15(20(26)27)11-24(17)13-4-5-13/h8-9,11-13H,3-7,10H2,1-2H3,(H,26,27). The van der Waals surface area contributed by atoms with Gasteiger partial charge >= 0.3 is 5.97 Å². The minimum Gasteiger partial charge on any atom is -0.477 e. The Labute approximate surface area is 156 Å². The molecule has 1 aliphatic carbocycles. The summed E-state index contributed by atoms with van der Waals surface area (Å²) in [4.78, 5) is 28.4. The Bertz CT molecular complexity index is 967. The third kappa shape index (κ3) is 3.10. The van der Waals surface area contributed by atoms with Gasteiger partial charge in [-0.05, 0) is 38.4 Å². The summed E-state index contributed by atoms with van der Waals surface area (Å²) in [6.45, 7) is 7.53. The summed E-state index contributed by atoms with van der Waals surface area (Å²) in [5.74, 6) is -1.74. The summed E-state index contributed by atoms with van der Waals surface area (Å²) in [6.07, 6.45) is 3.30. The molecule has 0 radical (unpaired) electrons. The zero-order valence-corrected chi connectivity index (χ0v) is 15.6. The molecule has 4 rings (SSSR count). The number of pyridine rings is 1. The number of fused-ring (bicyclic) bond motifs is 1. The van der Waals surface area contributed by atoms with Crippen LogP contribution in [0.5, 0.6) is 0 Å². The maximum absolute atomic E-state index is 14.9. The first kappa shape index (κ1) is 18.0. The fourth-order valence-electron chi connectivity index (χ4n) is 4.09. The van der Waals surface area contributed by atoms with Crippen molar-refractivity contribution in [2.75, 3.05) is 31.1 Å². The number of carboxylic acid groups (broad SMARTS) is 1. The molecule has 1 aromatic heterocycles. The lowest BCUT2D eigenvalue weighted by molar-refractivity contribution is 0.0695. The number of likely N-dealkylation sites (N-methyl/N-ethyl adjacent to an activating group) is 1. The van der Waals surface area contributed by atoms with Crippen LogP contribution in [-0.2, 0) is 0 Å². The lowest BCUT2D eigenvalue weighted by Gasteiger charge is -2.40. The van der Waals surface area contributed by atoms with Crippen LogP contribution in [0.15, 0.2) is 23.1 Å². The molecule has 7 heteroatoms. The summed E-state index contributed by atoms with van der Waals surface area (Å²) in [5, 5.41) is 9.48. The molecular weight excluding hydrogens is 349 g/mol. The lowest BCUT2D eigenvalue weighted by atomic mass is 10.1. The van der Waals surface area contributed by atoms with Crippen molar-refractivity contribution in [1.82, 2.24) is 9.47 Å². The number of carbonyl (C=O) groups is 1. The van der Waals surface area contributed by atoms with Crippen molar-refractivity contribution in [2.45, 2.75) is 38.8 Å². The molecule has 1 saturated heterocycles. The fraction of sp³-hybridized carbons (Fsp3) is 0.500. The van der Waals surface area contributed by atoms with Crippen molar-refractivity contribution in [3.63, 3.8) is 0 Å². The van der Waals surface area contributed by atoms with Crippen LogP contribution >= 0.6 is 0 Å². The smallest absolute Gasteiger partial charge is 0.341 e. The average Bonchev–Trinajstić information content (AvgIpc) is 3.46. The highest BCUT2D eigenvalue weighted by molar-refractivity contribution is 5.93. The van der Waals surface area contributed by atoms with Crippen LogP contribution in [0.2, 0.25) is 0 Å². The summed E-state index contributed by atoms with van der Waals surface area (Å²) in [5.41, 5.74) is 0.187. The van der Waals surface area contributed by atoms with E-state index in [1.807, 2.05) is 9.47 Å². The Kier molecular flexibility index (Phi) is 4.42. The SMILES string of the molecule is CCN1CCN(c2cc3c(cc2F)c(=O)c(C(=O)O)cn3C2CC2)CC1C. The topological polar surface area (TPSA) is 65.8 Å². The van der Waals surface area contributed by atoms with Gasteiger partial charge in [-0.25, -0.2) is 9.18 Å². The molecule has 2 aromatic rings.